The molecule has 0 amide bonds. The van der Waals surface area contributed by atoms with Crippen LogP contribution in [0.15, 0.2) is 12.1 Å². The number of nitriles is 1. The van der Waals surface area contributed by atoms with Crippen molar-refractivity contribution in [3.63, 3.8) is 0 Å². The number of ether oxygens (including phenoxy) is 1. The summed E-state index contributed by atoms with van der Waals surface area (Å²) in [6.45, 7) is 5.05. The predicted octanol–water partition coefficient (Wildman–Crippen LogP) is 2.03. The number of carboxylic acids is 1. The van der Waals surface area contributed by atoms with Crippen molar-refractivity contribution in [3.8, 4) is 11.8 Å². The molecular formula is C12H13NO3. The van der Waals surface area contributed by atoms with Crippen LogP contribution in [0.5, 0.6) is 5.75 Å². The van der Waals surface area contributed by atoms with Gasteiger partial charge in [0.1, 0.15) is 5.75 Å². The number of aliphatic carboxylic acids is 1. The maximum absolute atomic E-state index is 10.7. The van der Waals surface area contributed by atoms with Crippen LogP contribution in [-0.2, 0) is 4.79 Å². The zero-order chi connectivity index (χ0) is 12.3. The van der Waals surface area contributed by atoms with Gasteiger partial charge in [-0.2, -0.15) is 5.26 Å². The molecule has 1 aromatic carbocycles. The molecule has 1 atom stereocenters. The van der Waals surface area contributed by atoms with Crippen molar-refractivity contribution >= 4 is 5.97 Å². The zero-order valence-corrected chi connectivity index (χ0v) is 9.44. The molecule has 1 rings (SSSR count). The van der Waals surface area contributed by atoms with Gasteiger partial charge in [-0.05, 0) is 44.0 Å². The molecule has 16 heavy (non-hydrogen) atoms. The average Bonchev–Trinajstić information content (AvgIpc) is 2.22. The van der Waals surface area contributed by atoms with Gasteiger partial charge in [0.25, 0.3) is 0 Å². The van der Waals surface area contributed by atoms with E-state index in [-0.39, 0.29) is 0 Å². The summed E-state index contributed by atoms with van der Waals surface area (Å²) in [6, 6.07) is 5.40. The van der Waals surface area contributed by atoms with Gasteiger partial charge < -0.3 is 9.84 Å². The normalized spacial score (nSPS) is 11.6. The topological polar surface area (TPSA) is 70.3 Å². The first-order valence-electron chi connectivity index (χ1n) is 4.86. The fourth-order valence-corrected chi connectivity index (χ4v) is 1.43. The van der Waals surface area contributed by atoms with Crippen LogP contribution in [0.2, 0.25) is 0 Å². The summed E-state index contributed by atoms with van der Waals surface area (Å²) in [7, 11) is 0. The molecular weight excluding hydrogens is 206 g/mol. The second-order valence-corrected chi connectivity index (χ2v) is 3.65. The largest absolute Gasteiger partial charge is 0.479 e. The Balaban J connectivity index is 3.07. The van der Waals surface area contributed by atoms with Crippen molar-refractivity contribution < 1.29 is 14.6 Å². The maximum atomic E-state index is 10.7. The van der Waals surface area contributed by atoms with Gasteiger partial charge >= 0.3 is 5.97 Å². The second-order valence-electron chi connectivity index (χ2n) is 3.65. The summed E-state index contributed by atoms with van der Waals surface area (Å²) >= 11 is 0. The van der Waals surface area contributed by atoms with E-state index < -0.39 is 12.1 Å². The number of hydrogen-bond acceptors (Lipinski definition) is 3. The van der Waals surface area contributed by atoms with Gasteiger partial charge in [-0.1, -0.05) is 0 Å². The van der Waals surface area contributed by atoms with Crippen molar-refractivity contribution in [3.05, 3.63) is 28.8 Å². The lowest BCUT2D eigenvalue weighted by Gasteiger charge is -2.15. The molecule has 0 saturated heterocycles. The SMILES string of the molecule is Cc1cc(C#N)cc(C)c1OC(C)C(=O)O. The van der Waals surface area contributed by atoms with E-state index in [0.717, 1.165) is 11.1 Å². The summed E-state index contributed by atoms with van der Waals surface area (Å²) in [6.07, 6.45) is -0.898. The minimum atomic E-state index is -1.01. The minimum absolute atomic E-state index is 0.536. The first-order chi connectivity index (χ1) is 7.45. The Labute approximate surface area is 94.1 Å². The highest BCUT2D eigenvalue weighted by Gasteiger charge is 2.15. The zero-order valence-electron chi connectivity index (χ0n) is 9.44. The first-order valence-corrected chi connectivity index (χ1v) is 4.86. The Bertz CT molecular complexity index is 437. The Morgan fingerprint density at radius 3 is 2.31 bits per heavy atom. The van der Waals surface area contributed by atoms with Gasteiger partial charge in [-0.15, -0.1) is 0 Å². The standard InChI is InChI=1S/C12H13NO3/c1-7-4-10(6-13)5-8(2)11(7)16-9(3)12(14)15/h4-5,9H,1-3H3,(H,14,15). The summed E-state index contributed by atoms with van der Waals surface area (Å²) in [5, 5.41) is 17.5. The van der Waals surface area contributed by atoms with E-state index >= 15 is 0 Å². The predicted molar refractivity (Wildman–Crippen MR) is 58.4 cm³/mol. The number of rotatable bonds is 3. The van der Waals surface area contributed by atoms with Gasteiger partial charge in [-0.25, -0.2) is 4.79 Å². The Hall–Kier alpha value is -2.02. The molecule has 0 fully saturated rings. The summed E-state index contributed by atoms with van der Waals surface area (Å²) in [5.41, 5.74) is 2.08. The minimum Gasteiger partial charge on any atom is -0.479 e. The lowest BCUT2D eigenvalue weighted by Crippen LogP contribution is -2.23. The van der Waals surface area contributed by atoms with Crippen LogP contribution in [0, 0.1) is 25.2 Å². The number of hydrogen-bond donors (Lipinski definition) is 1. The molecule has 4 nitrogen and oxygen atoms in total. The highest BCUT2D eigenvalue weighted by molar-refractivity contribution is 5.72. The second kappa shape index (κ2) is 4.67. The molecule has 1 aromatic rings. The Morgan fingerprint density at radius 1 is 1.44 bits per heavy atom. The molecule has 0 aliphatic rings. The highest BCUT2D eigenvalue weighted by atomic mass is 16.5. The fourth-order valence-electron chi connectivity index (χ4n) is 1.43. The van der Waals surface area contributed by atoms with Crippen molar-refractivity contribution in [2.45, 2.75) is 26.9 Å². The molecule has 1 unspecified atom stereocenters. The fraction of sp³-hybridized carbons (Fsp3) is 0.333. The first kappa shape index (κ1) is 12.1. The molecule has 1 N–H and O–H groups in total. The molecule has 0 radical (unpaired) electrons. The molecule has 4 heteroatoms. The smallest absolute Gasteiger partial charge is 0.344 e. The molecule has 0 saturated carbocycles. The molecule has 0 heterocycles. The van der Waals surface area contributed by atoms with E-state index in [4.69, 9.17) is 15.1 Å². The van der Waals surface area contributed by atoms with E-state index in [9.17, 15) is 4.79 Å². The lowest BCUT2D eigenvalue weighted by molar-refractivity contribution is -0.144. The summed E-state index contributed by atoms with van der Waals surface area (Å²) < 4.78 is 5.33. The van der Waals surface area contributed by atoms with E-state index in [1.807, 2.05) is 6.07 Å². The Kier molecular flexibility index (Phi) is 3.51. The molecule has 0 aliphatic carbocycles. The van der Waals surface area contributed by atoms with E-state index in [2.05, 4.69) is 0 Å². The molecule has 0 aliphatic heterocycles. The van der Waals surface area contributed by atoms with Gasteiger partial charge in [0, 0.05) is 0 Å². The third kappa shape index (κ3) is 2.51. The molecule has 0 aromatic heterocycles. The van der Waals surface area contributed by atoms with Gasteiger partial charge in [-0.3, -0.25) is 0 Å². The van der Waals surface area contributed by atoms with Crippen LogP contribution in [-0.4, -0.2) is 17.2 Å². The third-order valence-corrected chi connectivity index (χ3v) is 2.23. The molecule has 0 spiro atoms. The van der Waals surface area contributed by atoms with Crippen molar-refractivity contribution in [1.82, 2.24) is 0 Å². The summed E-state index contributed by atoms with van der Waals surface area (Å²) in [4.78, 5) is 10.7. The van der Waals surface area contributed by atoms with Gasteiger partial charge in [0.15, 0.2) is 6.10 Å². The van der Waals surface area contributed by atoms with Crippen molar-refractivity contribution in [2.24, 2.45) is 0 Å². The molecule has 84 valence electrons. The Morgan fingerprint density at radius 2 is 1.94 bits per heavy atom. The van der Waals surface area contributed by atoms with Crippen LogP contribution >= 0.6 is 0 Å². The van der Waals surface area contributed by atoms with Crippen LogP contribution in [0.4, 0.5) is 0 Å². The number of nitrogens with zero attached hydrogens (tertiary/aromatic N) is 1. The third-order valence-electron chi connectivity index (χ3n) is 2.23. The van der Waals surface area contributed by atoms with Crippen LogP contribution in [0.3, 0.4) is 0 Å². The maximum Gasteiger partial charge on any atom is 0.344 e. The van der Waals surface area contributed by atoms with Crippen LogP contribution < -0.4 is 4.74 Å². The monoisotopic (exact) mass is 219 g/mol. The summed E-state index contributed by atoms with van der Waals surface area (Å²) in [5.74, 6) is -0.475. The van der Waals surface area contributed by atoms with E-state index in [0.29, 0.717) is 11.3 Å². The number of carbonyl (C=O) groups is 1. The number of benzene rings is 1. The van der Waals surface area contributed by atoms with Crippen molar-refractivity contribution in [1.29, 1.82) is 5.26 Å². The molecule has 0 bridgehead atoms. The van der Waals surface area contributed by atoms with Crippen LogP contribution in [0.1, 0.15) is 23.6 Å². The van der Waals surface area contributed by atoms with Crippen LogP contribution in [0.25, 0.3) is 0 Å². The number of aryl methyl sites for hydroxylation is 2. The van der Waals surface area contributed by atoms with Gasteiger partial charge in [0.05, 0.1) is 11.6 Å². The van der Waals surface area contributed by atoms with Gasteiger partial charge in [0.2, 0.25) is 0 Å². The lowest BCUT2D eigenvalue weighted by atomic mass is 10.1. The quantitative estimate of drug-likeness (QED) is 0.844. The van der Waals surface area contributed by atoms with E-state index in [1.165, 1.54) is 6.92 Å². The average molecular weight is 219 g/mol. The van der Waals surface area contributed by atoms with Crippen molar-refractivity contribution in [2.75, 3.05) is 0 Å². The van der Waals surface area contributed by atoms with E-state index in [1.54, 1.807) is 26.0 Å². The highest BCUT2D eigenvalue weighted by Crippen LogP contribution is 2.25. The number of carboxylic acid groups (broad SMARTS) is 1.